The van der Waals surface area contributed by atoms with Gasteiger partial charge >= 0.3 is 25.1 Å². The van der Waals surface area contributed by atoms with E-state index in [9.17, 15) is 43.2 Å². The van der Waals surface area contributed by atoms with Crippen molar-refractivity contribution in [2.75, 3.05) is 70.8 Å². The quantitative estimate of drug-likeness (QED) is 0.0103. The molecule has 2 aromatic rings. The predicted octanol–water partition coefficient (Wildman–Crippen LogP) is 13.2. The third-order valence-corrected chi connectivity index (χ3v) is 18.0. The van der Waals surface area contributed by atoms with Gasteiger partial charge in [0.2, 0.25) is 11.8 Å². The summed E-state index contributed by atoms with van der Waals surface area (Å²) in [5, 5.41) is 21.8. The molecule has 0 bridgehead atoms. The molecule has 91 heavy (non-hydrogen) atoms. The van der Waals surface area contributed by atoms with Crippen molar-refractivity contribution in [3.05, 3.63) is 179 Å². The highest BCUT2D eigenvalue weighted by Gasteiger charge is 2.32. The molecule has 0 saturated carbocycles. The Morgan fingerprint density at radius 2 is 1.07 bits per heavy atom. The summed E-state index contributed by atoms with van der Waals surface area (Å²) < 4.78 is 54.6. The van der Waals surface area contributed by atoms with E-state index < -0.39 is 49.3 Å². The third kappa shape index (κ3) is 41.9. The number of hydrogen-bond acceptors (Lipinski definition) is 17. The lowest BCUT2D eigenvalue weighted by molar-refractivity contribution is -0.384. The van der Waals surface area contributed by atoms with Gasteiger partial charge in [-0.3, -0.25) is 43.0 Å². The summed E-state index contributed by atoms with van der Waals surface area (Å²) in [6.07, 6.45) is 58.3. The number of thioether (sulfide) groups is 1. The number of carbonyl (C=O) groups excluding carboxylic acids is 4. The van der Waals surface area contributed by atoms with Crippen molar-refractivity contribution in [3.8, 4) is 5.75 Å². The number of allylic oxidation sites excluding steroid dienone is 20. The van der Waals surface area contributed by atoms with E-state index in [4.69, 9.17) is 19.5 Å². The van der Waals surface area contributed by atoms with Crippen molar-refractivity contribution in [2.45, 2.75) is 141 Å². The molecule has 1 fully saturated rings. The number of nitrogens with one attached hydrogen (secondary N) is 4. The summed E-state index contributed by atoms with van der Waals surface area (Å²) in [4.78, 5) is 73.8. The number of amides is 2. The van der Waals surface area contributed by atoms with Gasteiger partial charge in [-0.25, -0.2) is 15.0 Å². The number of rotatable bonds is 47. The predicted molar refractivity (Wildman–Crippen MR) is 366 cm³/mol. The molecular formula is C66H98N8O14P2S. The molecule has 502 valence electrons. The van der Waals surface area contributed by atoms with E-state index in [0.717, 1.165) is 89.9 Å². The van der Waals surface area contributed by atoms with Gasteiger partial charge in [-0.15, -0.1) is 11.8 Å². The normalized spacial score (nSPS) is 15.9. The van der Waals surface area contributed by atoms with Gasteiger partial charge in [0.05, 0.1) is 31.9 Å². The number of unbranched alkanes of at least 4 members (excludes halogenated alkanes) is 2. The number of hydrogen-bond donors (Lipinski definition) is 5. The second kappa shape index (κ2) is 51.6. The molecule has 3 unspecified atom stereocenters. The van der Waals surface area contributed by atoms with Gasteiger partial charge < -0.3 is 39.6 Å². The lowest BCUT2D eigenvalue weighted by atomic mass is 10.2. The molecule has 2 amide bonds. The maximum absolute atomic E-state index is 13.5. The van der Waals surface area contributed by atoms with E-state index in [1.54, 1.807) is 0 Å². The number of carbonyl (C=O) groups is 4. The van der Waals surface area contributed by atoms with Gasteiger partial charge in [0, 0.05) is 56.2 Å². The van der Waals surface area contributed by atoms with Crippen LogP contribution in [-0.2, 0) is 47.0 Å². The summed E-state index contributed by atoms with van der Waals surface area (Å²) in [5.74, 6) is -0.625. The van der Waals surface area contributed by atoms with Gasteiger partial charge in [0.25, 0.3) is 13.2 Å². The molecule has 1 saturated heterocycles. The largest absolute Gasteiger partial charge is 0.468 e. The number of non-ortho nitro benzene ring substituents is 1. The van der Waals surface area contributed by atoms with Gasteiger partial charge in [-0.2, -0.15) is 4.98 Å². The van der Waals surface area contributed by atoms with E-state index in [1.165, 1.54) is 67.1 Å². The summed E-state index contributed by atoms with van der Waals surface area (Å²) in [6, 6.07) is 6.65. The summed E-state index contributed by atoms with van der Waals surface area (Å²) in [5.41, 5.74) is 4.41. The van der Waals surface area contributed by atoms with Crippen molar-refractivity contribution >= 4 is 62.1 Å². The molecule has 0 aliphatic carbocycles. The molecule has 25 heteroatoms. The minimum absolute atomic E-state index is 0.0291. The van der Waals surface area contributed by atoms with Crippen molar-refractivity contribution in [1.82, 2.24) is 30.4 Å². The number of esters is 2. The number of anilines is 1. The SMILES string of the molecule is CC/C=C\C/C=C\C/C=C\C/C=C\C/C=C\CCCC(=O)NCCCP(=O)(NCC(=O)OC)OC[C@@H]1OC(n2ccc(N)nc2=O)CS1.CC/C=C\C/C=C\C/C=C\C/C=C\C/C=C\CCCC(=O)NCCCP(=O)(NCC(=O)OC)Oc1ccc([N+](=O)[O-])cc1. The van der Waals surface area contributed by atoms with Gasteiger partial charge in [0.1, 0.15) is 36.3 Å². The first-order valence-corrected chi connectivity index (χ1v) is 35.8. The molecule has 0 radical (unpaired) electrons. The van der Waals surface area contributed by atoms with Gasteiger partial charge in [-0.05, 0) is 121 Å². The minimum atomic E-state index is -3.56. The van der Waals surface area contributed by atoms with Crippen LogP contribution in [0.2, 0.25) is 0 Å². The van der Waals surface area contributed by atoms with Crippen LogP contribution in [0.4, 0.5) is 11.5 Å². The van der Waals surface area contributed by atoms with Crippen LogP contribution in [-0.4, -0.2) is 109 Å². The smallest absolute Gasteiger partial charge is 0.351 e. The number of ether oxygens (including phenoxy) is 3. The number of nitrogen functional groups attached to an aromatic ring is 1. The van der Waals surface area contributed by atoms with E-state index in [0.29, 0.717) is 38.0 Å². The summed E-state index contributed by atoms with van der Waals surface area (Å²) >= 11 is 1.40. The zero-order valence-electron chi connectivity index (χ0n) is 53.5. The van der Waals surface area contributed by atoms with Crippen LogP contribution in [0, 0.1) is 10.1 Å². The number of methoxy groups -OCH3 is 2. The van der Waals surface area contributed by atoms with E-state index in [1.807, 2.05) is 0 Å². The molecule has 3 rings (SSSR count). The molecule has 1 aliphatic heterocycles. The standard InChI is InChI=1S/C34H52N5O7PS.C32H46N3O7P/c1-3-4-5-6-7-8-9-10-11-12-13-14-15-16-17-18-19-21-30(40)36-23-20-25-47(43,37-26-32(41)44-2)45-27-33-46-31(28-48-33)39-24-22-29(35)38-34(39)42;1-3-4-5-6-7-8-9-10-11-12-13-14-15-16-17-18-19-21-31(36)33-26-20-27-43(40,34-28-32(37)41-2)42-30-24-22-29(23-25-30)35(38)39/h4-5,7-8,10-11,13-14,16-17,22,24,31,33H,3,6,9,12,15,18-21,23,25-28H2,1-2H3,(H,36,40)(H,37,43)(H2,35,38,42);4-5,7-8,10-11,13-14,16-17,22-25H,3,6,9,12,15,18-21,26-28H2,1-2H3,(H,33,36)(H,34,40)/b2*5-4-,8-7-,11-10-,14-13-,17-16-/t31?,33-,47?;/m1./s1. The Morgan fingerprint density at radius 1 is 0.648 bits per heavy atom. The zero-order valence-corrected chi connectivity index (χ0v) is 56.1. The average molecular weight is 1320 g/mol. The Balaban J connectivity index is 0.000000624. The van der Waals surface area contributed by atoms with Crippen molar-refractivity contribution in [3.63, 3.8) is 0 Å². The Kier molecular flexibility index (Phi) is 45.5. The second-order valence-electron chi connectivity index (χ2n) is 20.3. The number of aromatic nitrogens is 2. The van der Waals surface area contributed by atoms with Crippen LogP contribution < -0.4 is 36.8 Å². The average Bonchev–Trinajstić information content (AvgIpc) is 2.17. The van der Waals surface area contributed by atoms with Crippen LogP contribution >= 0.6 is 26.8 Å². The topological polar surface area (TPSA) is 301 Å². The Bertz CT molecular complexity index is 2900. The molecule has 22 nitrogen and oxygen atoms in total. The number of nitro benzene ring substituents is 1. The first-order chi connectivity index (χ1) is 44.1. The van der Waals surface area contributed by atoms with Crippen LogP contribution in [0.1, 0.15) is 136 Å². The fourth-order valence-electron chi connectivity index (χ4n) is 7.87. The molecule has 6 N–H and O–H groups in total. The number of nitrogens with two attached hydrogens (primary N) is 1. The third-order valence-electron chi connectivity index (χ3n) is 12.8. The molecule has 1 aliphatic rings. The highest BCUT2D eigenvalue weighted by Crippen LogP contribution is 2.45. The maximum atomic E-state index is 13.5. The molecule has 1 aromatic carbocycles. The van der Waals surface area contributed by atoms with Gasteiger partial charge in [-0.1, -0.05) is 135 Å². The minimum Gasteiger partial charge on any atom is -0.468 e. The fraction of sp³-hybridized carbons (Fsp3) is 0.485. The second-order valence-corrected chi connectivity index (χ2v) is 26.1. The van der Waals surface area contributed by atoms with Crippen LogP contribution in [0.25, 0.3) is 0 Å². The van der Waals surface area contributed by atoms with E-state index in [2.05, 4.69) is 171 Å². The van der Waals surface area contributed by atoms with Crippen molar-refractivity contribution in [1.29, 1.82) is 0 Å². The Labute approximate surface area is 542 Å². The Hall–Kier alpha value is -6.97. The monoisotopic (exact) mass is 1320 g/mol. The van der Waals surface area contributed by atoms with Crippen molar-refractivity contribution < 1.29 is 56.5 Å². The first-order valence-electron chi connectivity index (χ1n) is 31.1. The van der Waals surface area contributed by atoms with E-state index in [-0.39, 0.29) is 67.6 Å². The highest BCUT2D eigenvalue weighted by molar-refractivity contribution is 8.00. The number of nitro groups is 1. The van der Waals surface area contributed by atoms with Crippen molar-refractivity contribution in [2.24, 2.45) is 0 Å². The Morgan fingerprint density at radius 3 is 1.48 bits per heavy atom. The molecule has 2 heterocycles. The first kappa shape index (κ1) is 80.1. The van der Waals surface area contributed by atoms with Crippen LogP contribution in [0.15, 0.2) is 163 Å². The molecule has 1 aromatic heterocycles. The fourth-order valence-corrected chi connectivity index (χ4v) is 12.4. The molecule has 4 atom stereocenters. The lowest BCUT2D eigenvalue weighted by Gasteiger charge is -2.21. The summed E-state index contributed by atoms with van der Waals surface area (Å²) in [6.45, 7) is 4.21. The summed E-state index contributed by atoms with van der Waals surface area (Å²) in [7, 11) is -4.58. The highest BCUT2D eigenvalue weighted by atomic mass is 32.2. The number of nitrogens with zero attached hydrogens (tertiary/aromatic N) is 3. The molecular weight excluding hydrogens is 1220 g/mol. The molecule has 0 spiro atoms. The van der Waals surface area contributed by atoms with Gasteiger partial charge in [0.15, 0.2) is 0 Å². The van der Waals surface area contributed by atoms with E-state index >= 15 is 0 Å². The lowest BCUT2D eigenvalue weighted by Crippen LogP contribution is -2.29. The zero-order chi connectivity index (χ0) is 66.5. The number of benzene rings is 1. The van der Waals surface area contributed by atoms with Crippen LogP contribution in [0.5, 0.6) is 5.75 Å². The maximum Gasteiger partial charge on any atom is 0.351 e. The van der Waals surface area contributed by atoms with Crippen LogP contribution in [0.3, 0.4) is 0 Å².